The number of benzene rings is 10. The van der Waals surface area contributed by atoms with Crippen LogP contribution in [0, 0.1) is 0 Å². The summed E-state index contributed by atoms with van der Waals surface area (Å²) in [6, 6.07) is 63.2. The second-order valence-electron chi connectivity index (χ2n) is 15.6. The van der Waals surface area contributed by atoms with Crippen molar-refractivity contribution >= 4 is 70.7 Å². The summed E-state index contributed by atoms with van der Waals surface area (Å²) in [7, 11) is 0. The lowest BCUT2D eigenvalue weighted by atomic mass is 9.81. The van der Waals surface area contributed by atoms with Crippen molar-refractivity contribution in [1.29, 1.82) is 0 Å². The normalized spacial score (nSPS) is 14.2. The largest absolute Gasteiger partial charge is 0.460 e. The molecular weight excluding hydrogens is 677 g/mol. The fourth-order valence-corrected chi connectivity index (χ4v) is 9.82. The van der Waals surface area contributed by atoms with Crippen LogP contribution in [-0.4, -0.2) is 0 Å². The molecule has 0 bridgehead atoms. The highest BCUT2D eigenvalue weighted by atomic mass is 16.3. The molecule has 262 valence electrons. The molecule has 56 heavy (non-hydrogen) atoms. The van der Waals surface area contributed by atoms with Crippen LogP contribution in [-0.2, 0) is 0 Å². The highest BCUT2D eigenvalue weighted by molar-refractivity contribution is 6.33. The first kappa shape index (κ1) is 31.4. The van der Waals surface area contributed by atoms with Crippen molar-refractivity contribution in [3.05, 3.63) is 187 Å². The van der Waals surface area contributed by atoms with E-state index in [2.05, 4.69) is 189 Å². The Balaban J connectivity index is 1.28. The van der Waals surface area contributed by atoms with Crippen LogP contribution < -0.4 is 0 Å². The third-order valence-corrected chi connectivity index (χ3v) is 12.4. The Labute approximate surface area is 325 Å². The van der Waals surface area contributed by atoms with Crippen molar-refractivity contribution in [3.8, 4) is 44.7 Å². The van der Waals surface area contributed by atoms with Gasteiger partial charge in [0.1, 0.15) is 11.5 Å². The molecule has 10 aromatic carbocycles. The van der Waals surface area contributed by atoms with E-state index in [0.717, 1.165) is 23.5 Å². The molecule has 0 spiro atoms. The standard InChI is InChI=1S/C55H36O/c1-33-12-8-19-37-30-52(56-55(33)37)51-32-50(43-25-11-18-36-15-4-7-22-40(36)43)46-27-26-44-48(41-23-9-16-34-13-2-5-20-38(34)41)31-49(45-28-29-47(51)54(46)53(44)45)42-24-10-17-35-14-3-6-21-39(35)42/h2-11,13-33H,12H2,1H3. The maximum absolute atomic E-state index is 6.90. The van der Waals surface area contributed by atoms with Crippen molar-refractivity contribution in [2.75, 3.05) is 0 Å². The van der Waals surface area contributed by atoms with Crippen LogP contribution in [0.3, 0.4) is 0 Å². The first-order valence-corrected chi connectivity index (χ1v) is 19.7. The number of allylic oxidation sites excluding steroid dienone is 1. The zero-order valence-electron chi connectivity index (χ0n) is 31.0. The van der Waals surface area contributed by atoms with Gasteiger partial charge < -0.3 is 4.42 Å². The molecule has 1 atom stereocenters. The monoisotopic (exact) mass is 712 g/mol. The van der Waals surface area contributed by atoms with Gasteiger partial charge in [0.05, 0.1) is 0 Å². The van der Waals surface area contributed by atoms with E-state index in [1.165, 1.54) is 104 Å². The first-order valence-electron chi connectivity index (χ1n) is 19.7. The Kier molecular flexibility index (Phi) is 6.74. The van der Waals surface area contributed by atoms with E-state index in [4.69, 9.17) is 4.42 Å². The number of hydrogen-bond acceptors (Lipinski definition) is 1. The van der Waals surface area contributed by atoms with E-state index in [1.807, 2.05) is 0 Å². The highest BCUT2D eigenvalue weighted by Gasteiger charge is 2.25. The summed E-state index contributed by atoms with van der Waals surface area (Å²) in [6.07, 6.45) is 5.51. The lowest BCUT2D eigenvalue weighted by Crippen LogP contribution is -1.95. The molecule has 0 amide bonds. The van der Waals surface area contributed by atoms with Crippen LogP contribution in [0.15, 0.2) is 180 Å². The van der Waals surface area contributed by atoms with Gasteiger partial charge in [-0.2, -0.15) is 0 Å². The predicted octanol–water partition coefficient (Wildman–Crippen LogP) is 15.8. The van der Waals surface area contributed by atoms with E-state index in [1.54, 1.807) is 0 Å². The number of furan rings is 1. The van der Waals surface area contributed by atoms with E-state index in [9.17, 15) is 0 Å². The lowest BCUT2D eigenvalue weighted by molar-refractivity contribution is 0.483. The van der Waals surface area contributed by atoms with Gasteiger partial charge in [-0.3, -0.25) is 0 Å². The van der Waals surface area contributed by atoms with Gasteiger partial charge in [-0.15, -0.1) is 0 Å². The minimum absolute atomic E-state index is 0.340. The molecule has 11 aromatic rings. The second-order valence-corrected chi connectivity index (χ2v) is 15.6. The molecule has 12 rings (SSSR count). The molecule has 0 fully saturated rings. The molecule has 1 heterocycles. The third kappa shape index (κ3) is 4.55. The van der Waals surface area contributed by atoms with Gasteiger partial charge in [-0.25, -0.2) is 0 Å². The summed E-state index contributed by atoms with van der Waals surface area (Å²) in [6.45, 7) is 2.27. The number of hydrogen-bond donors (Lipinski definition) is 0. The molecule has 0 N–H and O–H groups in total. The van der Waals surface area contributed by atoms with Gasteiger partial charge in [0.25, 0.3) is 0 Å². The van der Waals surface area contributed by atoms with Crippen molar-refractivity contribution in [3.63, 3.8) is 0 Å². The van der Waals surface area contributed by atoms with Gasteiger partial charge in [0, 0.05) is 17.0 Å². The van der Waals surface area contributed by atoms with Crippen LogP contribution in [0.25, 0.3) is 115 Å². The van der Waals surface area contributed by atoms with Crippen molar-refractivity contribution in [2.45, 2.75) is 19.3 Å². The maximum Gasteiger partial charge on any atom is 0.135 e. The Bertz CT molecular complexity index is 3300. The summed E-state index contributed by atoms with van der Waals surface area (Å²) in [5.41, 5.74) is 9.76. The average molecular weight is 713 g/mol. The van der Waals surface area contributed by atoms with Crippen LogP contribution in [0.1, 0.15) is 30.6 Å². The van der Waals surface area contributed by atoms with Crippen molar-refractivity contribution in [1.82, 2.24) is 0 Å². The van der Waals surface area contributed by atoms with Crippen LogP contribution in [0.2, 0.25) is 0 Å². The summed E-state index contributed by atoms with van der Waals surface area (Å²) in [5.74, 6) is 2.35. The Morgan fingerprint density at radius 3 is 1.27 bits per heavy atom. The molecule has 1 aliphatic carbocycles. The van der Waals surface area contributed by atoms with E-state index < -0.39 is 0 Å². The topological polar surface area (TPSA) is 13.1 Å². The Hall–Kier alpha value is -6.96. The molecule has 0 radical (unpaired) electrons. The summed E-state index contributed by atoms with van der Waals surface area (Å²) in [4.78, 5) is 0. The fourth-order valence-electron chi connectivity index (χ4n) is 9.82. The molecule has 1 aromatic heterocycles. The average Bonchev–Trinajstić information content (AvgIpc) is 3.70. The van der Waals surface area contributed by atoms with Crippen LogP contribution in [0.5, 0.6) is 0 Å². The molecule has 1 unspecified atom stereocenters. The summed E-state index contributed by atoms with van der Waals surface area (Å²) < 4.78 is 6.90. The second kappa shape index (κ2) is 12.0. The summed E-state index contributed by atoms with van der Waals surface area (Å²) in [5, 5.41) is 15.0. The molecule has 1 nitrogen and oxygen atoms in total. The zero-order valence-corrected chi connectivity index (χ0v) is 31.0. The molecule has 0 saturated carbocycles. The summed E-state index contributed by atoms with van der Waals surface area (Å²) >= 11 is 0. The van der Waals surface area contributed by atoms with Crippen LogP contribution in [0.4, 0.5) is 0 Å². The van der Waals surface area contributed by atoms with Crippen LogP contribution >= 0.6 is 0 Å². The quantitative estimate of drug-likeness (QED) is 0.166. The molecule has 0 saturated heterocycles. The highest BCUT2D eigenvalue weighted by Crippen LogP contribution is 2.51. The fraction of sp³-hybridized carbons (Fsp3) is 0.0545. The third-order valence-electron chi connectivity index (χ3n) is 12.4. The molecule has 0 aliphatic heterocycles. The van der Waals surface area contributed by atoms with Gasteiger partial charge in [-0.05, 0) is 123 Å². The van der Waals surface area contributed by atoms with Gasteiger partial charge in [-0.1, -0.05) is 171 Å². The Morgan fingerprint density at radius 1 is 0.393 bits per heavy atom. The first-order chi connectivity index (χ1) is 27.7. The minimum atomic E-state index is 0.340. The number of rotatable bonds is 4. The van der Waals surface area contributed by atoms with Gasteiger partial charge in [0.2, 0.25) is 0 Å². The van der Waals surface area contributed by atoms with E-state index in [-0.39, 0.29) is 0 Å². The van der Waals surface area contributed by atoms with Gasteiger partial charge in [0.15, 0.2) is 0 Å². The minimum Gasteiger partial charge on any atom is -0.460 e. The lowest BCUT2D eigenvalue weighted by Gasteiger charge is -2.22. The Morgan fingerprint density at radius 2 is 0.804 bits per heavy atom. The molecule has 1 aliphatic rings. The molecular formula is C55H36O. The van der Waals surface area contributed by atoms with Gasteiger partial charge >= 0.3 is 0 Å². The van der Waals surface area contributed by atoms with E-state index in [0.29, 0.717) is 5.92 Å². The van der Waals surface area contributed by atoms with Crippen molar-refractivity contribution in [2.24, 2.45) is 0 Å². The number of fused-ring (bicyclic) bond motifs is 4. The van der Waals surface area contributed by atoms with E-state index >= 15 is 0 Å². The SMILES string of the molecule is CC1CC=Cc2cc(-c3cc(-c4cccc5ccccc45)c4ccc5c(-c6cccc7ccccc67)cc(-c6cccc7ccccc67)c6ccc3c4c65)oc21. The smallest absolute Gasteiger partial charge is 0.135 e. The molecule has 1 heteroatoms. The van der Waals surface area contributed by atoms with Crippen molar-refractivity contribution < 1.29 is 4.42 Å². The maximum atomic E-state index is 6.90. The zero-order chi connectivity index (χ0) is 36.9. The predicted molar refractivity (Wildman–Crippen MR) is 239 cm³/mol.